The third kappa shape index (κ3) is 4.62. The number of methoxy groups -OCH3 is 1. The molecule has 0 unspecified atom stereocenters. The molecule has 22 heavy (non-hydrogen) atoms. The second kappa shape index (κ2) is 7.64. The first kappa shape index (κ1) is 17.8. The van der Waals surface area contributed by atoms with Gasteiger partial charge in [-0.15, -0.1) is 0 Å². The van der Waals surface area contributed by atoms with Crippen LogP contribution in [0.15, 0.2) is 60.4 Å². The van der Waals surface area contributed by atoms with E-state index in [0.717, 1.165) is 5.57 Å². The van der Waals surface area contributed by atoms with E-state index in [1.165, 1.54) is 18.2 Å². The minimum Gasteiger partial charge on any atom is -0.437 e. The molecule has 0 aromatic heterocycles. The van der Waals surface area contributed by atoms with Crippen molar-refractivity contribution in [2.24, 2.45) is 0 Å². The summed E-state index contributed by atoms with van der Waals surface area (Å²) in [5.41, 5.74) is 3.26. The highest BCUT2D eigenvalue weighted by atomic mass is 16.7. The van der Waals surface area contributed by atoms with E-state index >= 15 is 0 Å². The summed E-state index contributed by atoms with van der Waals surface area (Å²) in [6.45, 7) is 11.9. The van der Waals surface area contributed by atoms with Crippen molar-refractivity contribution in [3.8, 4) is 0 Å². The highest BCUT2D eigenvalue weighted by molar-refractivity contribution is 5.61. The first-order valence-electron chi connectivity index (χ1n) is 7.15. The average molecular weight is 300 g/mol. The highest BCUT2D eigenvalue weighted by Crippen LogP contribution is 2.32. The van der Waals surface area contributed by atoms with Gasteiger partial charge in [0.2, 0.25) is 0 Å². The molecule has 0 radical (unpaired) electrons. The van der Waals surface area contributed by atoms with E-state index in [1.807, 2.05) is 12.2 Å². The van der Waals surface area contributed by atoms with Gasteiger partial charge in [-0.05, 0) is 31.1 Å². The minimum absolute atomic E-state index is 0.197. The van der Waals surface area contributed by atoms with Crippen LogP contribution in [-0.4, -0.2) is 13.3 Å². The van der Waals surface area contributed by atoms with Gasteiger partial charge in [-0.3, -0.25) is 0 Å². The van der Waals surface area contributed by atoms with E-state index in [4.69, 9.17) is 4.74 Å². The third-order valence-electron chi connectivity index (χ3n) is 3.62. The summed E-state index contributed by atoms with van der Waals surface area (Å²) in [5, 5.41) is 0. The van der Waals surface area contributed by atoms with E-state index in [2.05, 4.69) is 56.4 Å². The molecule has 0 fully saturated rings. The van der Waals surface area contributed by atoms with Crippen molar-refractivity contribution in [3.05, 3.63) is 71.5 Å². The first-order valence-corrected chi connectivity index (χ1v) is 7.15. The molecule has 0 spiro atoms. The Morgan fingerprint density at radius 1 is 1.18 bits per heavy atom. The Kier molecular flexibility index (Phi) is 6.17. The monoisotopic (exact) mass is 300 g/mol. The van der Waals surface area contributed by atoms with Crippen LogP contribution in [0.5, 0.6) is 0 Å². The van der Waals surface area contributed by atoms with Crippen LogP contribution in [0.25, 0.3) is 0 Å². The van der Waals surface area contributed by atoms with Crippen LogP contribution in [0.3, 0.4) is 0 Å². The van der Waals surface area contributed by atoms with Crippen LogP contribution in [0.4, 0.5) is 4.79 Å². The number of hydrogen-bond acceptors (Lipinski definition) is 3. The third-order valence-corrected chi connectivity index (χ3v) is 3.62. The Morgan fingerprint density at radius 3 is 2.27 bits per heavy atom. The zero-order valence-electron chi connectivity index (χ0n) is 14.0. The smallest absolute Gasteiger partial charge is 0.437 e. The second-order valence-electron chi connectivity index (χ2n) is 5.65. The topological polar surface area (TPSA) is 35.5 Å². The Morgan fingerprint density at radius 2 is 1.77 bits per heavy atom. The van der Waals surface area contributed by atoms with E-state index < -0.39 is 6.16 Å². The number of aryl methyl sites for hydroxylation is 1. The van der Waals surface area contributed by atoms with Crippen LogP contribution in [0.2, 0.25) is 0 Å². The number of carbonyl (C=O) groups is 1. The van der Waals surface area contributed by atoms with Gasteiger partial charge in [0.1, 0.15) is 5.76 Å². The predicted octanol–water partition coefficient (Wildman–Crippen LogP) is 5.07. The SMILES string of the molecule is C=C/C(=C\C=C(/C)OC(=O)OC)C(C)(C)c1ccc(C)cc1. The normalized spacial score (nSPS) is 12.8. The maximum Gasteiger partial charge on any atom is 0.513 e. The molecule has 0 aliphatic rings. The molecule has 0 heterocycles. The van der Waals surface area contributed by atoms with Crippen molar-refractivity contribution in [1.82, 2.24) is 0 Å². The van der Waals surface area contributed by atoms with Crippen LogP contribution >= 0.6 is 0 Å². The number of rotatable bonds is 5. The maximum atomic E-state index is 11.1. The van der Waals surface area contributed by atoms with E-state index in [9.17, 15) is 4.79 Å². The lowest BCUT2D eigenvalue weighted by atomic mass is 9.77. The molecular formula is C19H24O3. The van der Waals surface area contributed by atoms with Gasteiger partial charge in [-0.25, -0.2) is 4.79 Å². The Hall–Kier alpha value is -2.29. The molecule has 0 amide bonds. The van der Waals surface area contributed by atoms with Crippen molar-refractivity contribution < 1.29 is 14.3 Å². The molecule has 0 saturated carbocycles. The van der Waals surface area contributed by atoms with Crippen LogP contribution in [-0.2, 0) is 14.9 Å². The summed E-state index contributed by atoms with van der Waals surface area (Å²) in [4.78, 5) is 11.1. The van der Waals surface area contributed by atoms with Gasteiger partial charge in [0.25, 0.3) is 0 Å². The van der Waals surface area contributed by atoms with E-state index in [-0.39, 0.29) is 5.41 Å². The van der Waals surface area contributed by atoms with Gasteiger partial charge in [-0.2, -0.15) is 0 Å². The van der Waals surface area contributed by atoms with Gasteiger partial charge in [0, 0.05) is 5.41 Å². The summed E-state index contributed by atoms with van der Waals surface area (Å²) in [5.74, 6) is 0.464. The first-order chi connectivity index (χ1) is 10.3. The van der Waals surface area contributed by atoms with Gasteiger partial charge < -0.3 is 9.47 Å². The molecule has 0 atom stereocenters. The number of carbonyl (C=O) groups excluding carboxylic acids is 1. The molecule has 118 valence electrons. The molecule has 0 aliphatic heterocycles. The Labute approximate surface area is 132 Å². The fourth-order valence-corrected chi connectivity index (χ4v) is 2.08. The Balaban J connectivity index is 3.05. The van der Waals surface area contributed by atoms with Gasteiger partial charge in [0.05, 0.1) is 7.11 Å². The van der Waals surface area contributed by atoms with Gasteiger partial charge >= 0.3 is 6.16 Å². The Bertz CT molecular complexity index is 590. The minimum atomic E-state index is -0.722. The fraction of sp³-hybridized carbons (Fsp3) is 0.316. The molecule has 1 rings (SSSR count). The highest BCUT2D eigenvalue weighted by Gasteiger charge is 2.23. The second-order valence-corrected chi connectivity index (χ2v) is 5.65. The maximum absolute atomic E-state index is 11.1. The zero-order valence-corrected chi connectivity index (χ0v) is 14.0. The van der Waals surface area contributed by atoms with Crippen LogP contribution < -0.4 is 0 Å². The number of hydrogen-bond donors (Lipinski definition) is 0. The lowest BCUT2D eigenvalue weighted by molar-refractivity contribution is 0.0975. The quantitative estimate of drug-likeness (QED) is 0.432. The van der Waals surface area contributed by atoms with Crippen molar-refractivity contribution in [3.63, 3.8) is 0 Å². The number of benzene rings is 1. The average Bonchev–Trinajstić information content (AvgIpc) is 2.47. The summed E-state index contributed by atoms with van der Waals surface area (Å²) in [6.07, 6.45) is 4.75. The van der Waals surface area contributed by atoms with E-state index in [1.54, 1.807) is 13.0 Å². The molecule has 0 aliphatic carbocycles. The molecule has 0 saturated heterocycles. The van der Waals surface area contributed by atoms with Crippen molar-refractivity contribution >= 4 is 6.16 Å². The van der Waals surface area contributed by atoms with Crippen LogP contribution in [0.1, 0.15) is 31.9 Å². The molecule has 1 aromatic rings. The molecule has 0 bridgehead atoms. The lowest BCUT2D eigenvalue weighted by Gasteiger charge is -2.27. The fourth-order valence-electron chi connectivity index (χ4n) is 2.08. The number of ether oxygens (including phenoxy) is 2. The largest absolute Gasteiger partial charge is 0.513 e. The van der Waals surface area contributed by atoms with Crippen molar-refractivity contribution in [2.45, 2.75) is 33.1 Å². The molecule has 1 aromatic carbocycles. The summed E-state index contributed by atoms with van der Waals surface area (Å²) in [7, 11) is 1.28. The zero-order chi connectivity index (χ0) is 16.8. The van der Waals surface area contributed by atoms with Gasteiger partial charge in [-0.1, -0.05) is 62.4 Å². The van der Waals surface area contributed by atoms with Crippen LogP contribution in [0, 0.1) is 6.92 Å². The predicted molar refractivity (Wildman–Crippen MR) is 89.7 cm³/mol. The summed E-state index contributed by atoms with van der Waals surface area (Å²) >= 11 is 0. The molecule has 0 N–H and O–H groups in total. The van der Waals surface area contributed by atoms with Crippen molar-refractivity contribution in [2.75, 3.05) is 7.11 Å². The lowest BCUT2D eigenvalue weighted by Crippen LogP contribution is -2.19. The molecule has 3 heteroatoms. The molecular weight excluding hydrogens is 276 g/mol. The van der Waals surface area contributed by atoms with E-state index in [0.29, 0.717) is 5.76 Å². The summed E-state index contributed by atoms with van der Waals surface area (Å²) in [6, 6.07) is 8.43. The molecule has 3 nitrogen and oxygen atoms in total. The van der Waals surface area contributed by atoms with Gasteiger partial charge in [0.15, 0.2) is 0 Å². The summed E-state index contributed by atoms with van der Waals surface area (Å²) < 4.78 is 9.41. The van der Waals surface area contributed by atoms with Crippen molar-refractivity contribution in [1.29, 1.82) is 0 Å². The number of allylic oxidation sites excluding steroid dienone is 5. The standard InChI is InChI=1S/C19H24O3/c1-7-16(13-10-15(3)22-18(20)21-6)19(4,5)17-11-8-14(2)9-12-17/h7-13H,1H2,2-6H3/b15-10+,16-13+.